The molecule has 0 aromatic rings. The molecule has 0 bridgehead atoms. The second-order valence-corrected chi connectivity index (χ2v) is 31.0. The summed E-state index contributed by atoms with van der Waals surface area (Å²) < 4.78 is 68.7. The lowest BCUT2D eigenvalue weighted by Crippen LogP contribution is -2.30. The SMILES string of the molecule is CCCCC/C=C\C/C=C\CCCCCCCC(=O)OC[C@H](COP(=O)(O)OC[C@@H](O)COP(=O)(O)OC[C@@H](COC(=O)CCCCCCCCCCCCCCCCCCC)OC(=O)CCCCCCC/C=C\CCCCCCCC)OC(=O)CCCCCCC/C=C\C/C=C\CCCCC. The van der Waals surface area contributed by atoms with E-state index >= 15 is 0 Å². The van der Waals surface area contributed by atoms with Crippen LogP contribution in [0.1, 0.15) is 387 Å². The summed E-state index contributed by atoms with van der Waals surface area (Å²) in [6.07, 6.45) is 76.1. The van der Waals surface area contributed by atoms with Crippen molar-refractivity contribution in [3.63, 3.8) is 0 Å². The molecule has 596 valence electrons. The molecule has 0 aromatic heterocycles. The molecule has 0 saturated carbocycles. The van der Waals surface area contributed by atoms with Crippen molar-refractivity contribution in [3.05, 3.63) is 60.8 Å². The molecule has 0 saturated heterocycles. The molecule has 19 heteroatoms. The van der Waals surface area contributed by atoms with E-state index in [1.807, 2.05) is 0 Å². The lowest BCUT2D eigenvalue weighted by atomic mass is 10.0. The number of hydrogen-bond acceptors (Lipinski definition) is 15. The Labute approximate surface area is 622 Å². The first kappa shape index (κ1) is 98.8. The maximum absolute atomic E-state index is 13.1. The summed E-state index contributed by atoms with van der Waals surface area (Å²) in [4.78, 5) is 73.1. The van der Waals surface area contributed by atoms with Gasteiger partial charge < -0.3 is 33.8 Å². The first-order valence-electron chi connectivity index (χ1n) is 41.5. The molecule has 17 nitrogen and oxygen atoms in total. The van der Waals surface area contributed by atoms with Gasteiger partial charge in [-0.15, -0.1) is 0 Å². The van der Waals surface area contributed by atoms with Crippen LogP contribution >= 0.6 is 15.6 Å². The van der Waals surface area contributed by atoms with Gasteiger partial charge in [0, 0.05) is 25.7 Å². The average Bonchev–Trinajstić information content (AvgIpc) is 0.926. The number of unbranched alkanes of at least 4 members (excludes halogenated alkanes) is 43. The smallest absolute Gasteiger partial charge is 0.462 e. The van der Waals surface area contributed by atoms with Crippen LogP contribution in [0, 0.1) is 0 Å². The van der Waals surface area contributed by atoms with Crippen molar-refractivity contribution in [3.8, 4) is 0 Å². The zero-order chi connectivity index (χ0) is 74.6. The van der Waals surface area contributed by atoms with Crippen LogP contribution in [0.2, 0.25) is 0 Å². The Morgan fingerprint density at radius 1 is 0.275 bits per heavy atom. The third-order valence-electron chi connectivity index (χ3n) is 18.0. The highest BCUT2D eigenvalue weighted by Gasteiger charge is 2.30. The number of esters is 4. The molecule has 102 heavy (non-hydrogen) atoms. The van der Waals surface area contributed by atoms with Crippen LogP contribution in [0.5, 0.6) is 0 Å². The lowest BCUT2D eigenvalue weighted by molar-refractivity contribution is -0.161. The fourth-order valence-corrected chi connectivity index (χ4v) is 13.2. The minimum atomic E-state index is -4.98. The van der Waals surface area contributed by atoms with Crippen LogP contribution < -0.4 is 0 Å². The van der Waals surface area contributed by atoms with E-state index in [4.69, 9.17) is 37.0 Å². The van der Waals surface area contributed by atoms with Crippen LogP contribution in [0.25, 0.3) is 0 Å². The van der Waals surface area contributed by atoms with E-state index in [0.717, 1.165) is 148 Å². The molecule has 0 aromatic carbocycles. The quantitative estimate of drug-likeness (QED) is 0.0169. The van der Waals surface area contributed by atoms with E-state index in [1.54, 1.807) is 0 Å². The van der Waals surface area contributed by atoms with Gasteiger partial charge in [0.05, 0.1) is 26.4 Å². The summed E-state index contributed by atoms with van der Waals surface area (Å²) >= 11 is 0. The van der Waals surface area contributed by atoms with Crippen molar-refractivity contribution in [2.75, 3.05) is 39.6 Å². The summed E-state index contributed by atoms with van der Waals surface area (Å²) in [5.74, 6) is -2.18. The maximum atomic E-state index is 13.1. The van der Waals surface area contributed by atoms with E-state index < -0.39 is 97.5 Å². The summed E-state index contributed by atoms with van der Waals surface area (Å²) in [5, 5.41) is 10.6. The first-order chi connectivity index (χ1) is 49.7. The third kappa shape index (κ3) is 75.0. The van der Waals surface area contributed by atoms with Crippen LogP contribution in [0.15, 0.2) is 60.8 Å². The number of hydrogen-bond donors (Lipinski definition) is 3. The van der Waals surface area contributed by atoms with Crippen LogP contribution in [0.4, 0.5) is 0 Å². The highest BCUT2D eigenvalue weighted by Crippen LogP contribution is 2.45. The lowest BCUT2D eigenvalue weighted by Gasteiger charge is -2.21. The molecular weight excluding hydrogens is 1330 g/mol. The Morgan fingerprint density at radius 2 is 0.480 bits per heavy atom. The highest BCUT2D eigenvalue weighted by atomic mass is 31.2. The maximum Gasteiger partial charge on any atom is 0.472 e. The van der Waals surface area contributed by atoms with Gasteiger partial charge in [-0.05, 0) is 116 Å². The zero-order valence-electron chi connectivity index (χ0n) is 65.3. The van der Waals surface area contributed by atoms with E-state index in [-0.39, 0.29) is 25.7 Å². The topological polar surface area (TPSA) is 237 Å². The van der Waals surface area contributed by atoms with Crippen molar-refractivity contribution < 1.29 is 80.2 Å². The van der Waals surface area contributed by atoms with Crippen molar-refractivity contribution in [1.82, 2.24) is 0 Å². The second-order valence-electron chi connectivity index (χ2n) is 28.1. The van der Waals surface area contributed by atoms with E-state index in [1.165, 1.54) is 161 Å². The van der Waals surface area contributed by atoms with Crippen LogP contribution in [0.3, 0.4) is 0 Å². The number of carbonyl (C=O) groups is 4. The molecule has 2 unspecified atom stereocenters. The number of aliphatic hydroxyl groups excluding tert-OH is 1. The van der Waals surface area contributed by atoms with Gasteiger partial charge in [-0.1, -0.05) is 307 Å². The molecular formula is C83H152O17P2. The molecule has 0 heterocycles. The predicted octanol–water partition coefficient (Wildman–Crippen LogP) is 24.2. The first-order valence-corrected chi connectivity index (χ1v) is 44.5. The van der Waals surface area contributed by atoms with E-state index in [0.29, 0.717) is 25.7 Å². The molecule has 5 atom stereocenters. The molecule has 0 amide bonds. The van der Waals surface area contributed by atoms with Gasteiger partial charge in [0.15, 0.2) is 12.2 Å². The average molecular weight is 1480 g/mol. The standard InChI is InChI=1S/C83H152O17P2/c1-5-9-13-17-21-25-29-33-37-38-42-44-48-52-56-60-64-68-81(86)94-74-79(100-83(88)70-66-62-58-54-50-46-41-36-32-28-24-20-16-12-8-4)76-98-102(91,92)96-72-77(84)71-95-101(89,90)97-75-78(99-82(87)69-65-61-57-53-49-45-40-35-31-27-23-19-15-11-7-3)73-93-80(85)67-63-59-55-51-47-43-39-34-30-26-22-18-14-10-6-2/h22-23,26-27,34-36,39-41,77-79,84H,5-21,24-25,28-33,37-38,42-76H2,1-4H3,(H,89,90)(H,91,92)/b26-22-,27-23-,39-34-,40-35-,41-36-/t77-,78-,79-/m1/s1. The minimum absolute atomic E-state index is 0.0792. The predicted molar refractivity (Wildman–Crippen MR) is 418 cm³/mol. The Morgan fingerprint density at radius 3 is 0.755 bits per heavy atom. The fourth-order valence-electron chi connectivity index (χ4n) is 11.6. The number of ether oxygens (including phenoxy) is 4. The number of allylic oxidation sites excluding steroid dienone is 10. The molecule has 0 aliphatic heterocycles. The molecule has 0 radical (unpaired) electrons. The largest absolute Gasteiger partial charge is 0.472 e. The molecule has 0 aliphatic carbocycles. The van der Waals surface area contributed by atoms with Gasteiger partial charge in [0.25, 0.3) is 0 Å². The highest BCUT2D eigenvalue weighted by molar-refractivity contribution is 7.47. The number of carbonyl (C=O) groups excluding carboxylic acids is 4. The zero-order valence-corrected chi connectivity index (χ0v) is 67.1. The van der Waals surface area contributed by atoms with E-state index in [2.05, 4.69) is 88.5 Å². The van der Waals surface area contributed by atoms with Crippen LogP contribution in [-0.4, -0.2) is 96.7 Å². The van der Waals surface area contributed by atoms with Gasteiger partial charge in [0.1, 0.15) is 19.3 Å². The summed E-state index contributed by atoms with van der Waals surface area (Å²) in [6.45, 7) is 4.87. The van der Waals surface area contributed by atoms with Crippen molar-refractivity contribution >= 4 is 39.5 Å². The van der Waals surface area contributed by atoms with Gasteiger partial charge in [-0.2, -0.15) is 0 Å². The fraction of sp³-hybridized carbons (Fsp3) is 0.831. The molecule has 0 rings (SSSR count). The Hall–Kier alpha value is -3.24. The van der Waals surface area contributed by atoms with Crippen molar-refractivity contribution in [2.45, 2.75) is 406 Å². The normalized spacial score (nSPS) is 14.1. The number of aliphatic hydroxyl groups is 1. The minimum Gasteiger partial charge on any atom is -0.462 e. The van der Waals surface area contributed by atoms with E-state index in [9.17, 15) is 43.2 Å². The number of rotatable bonds is 79. The number of phosphoric ester groups is 2. The second kappa shape index (κ2) is 76.0. The van der Waals surface area contributed by atoms with Gasteiger partial charge in [-0.25, -0.2) is 9.13 Å². The molecule has 0 aliphatic rings. The van der Waals surface area contributed by atoms with Gasteiger partial charge in [-0.3, -0.25) is 37.3 Å². The Bertz CT molecular complexity index is 2170. The van der Waals surface area contributed by atoms with Gasteiger partial charge >= 0.3 is 39.5 Å². The molecule has 3 N–H and O–H groups in total. The number of phosphoric acid groups is 2. The third-order valence-corrected chi connectivity index (χ3v) is 19.9. The molecule has 0 spiro atoms. The van der Waals surface area contributed by atoms with Crippen molar-refractivity contribution in [1.29, 1.82) is 0 Å². The Balaban J connectivity index is 5.34. The van der Waals surface area contributed by atoms with Crippen molar-refractivity contribution in [2.24, 2.45) is 0 Å². The summed E-state index contributed by atoms with van der Waals surface area (Å²) in [6, 6.07) is 0. The van der Waals surface area contributed by atoms with Crippen LogP contribution in [-0.2, 0) is 65.4 Å². The molecule has 0 fully saturated rings. The Kier molecular flexibility index (Phi) is 73.6. The summed E-state index contributed by atoms with van der Waals surface area (Å²) in [5.41, 5.74) is 0. The van der Waals surface area contributed by atoms with Gasteiger partial charge in [0.2, 0.25) is 0 Å². The summed E-state index contributed by atoms with van der Waals surface area (Å²) in [7, 11) is -9.95. The monoisotopic (exact) mass is 1480 g/mol.